The maximum atomic E-state index is 8.98. The Bertz CT molecular complexity index is 562. The number of rotatable bonds is 2. The first-order valence-corrected chi connectivity index (χ1v) is 5.39. The smallest absolute Gasteiger partial charge is 0.148 e. The van der Waals surface area contributed by atoms with Crippen molar-refractivity contribution in [1.29, 1.82) is 5.26 Å². The second-order valence-corrected chi connectivity index (χ2v) is 4.01. The summed E-state index contributed by atoms with van der Waals surface area (Å²) in [6.45, 7) is 4.09. The lowest BCUT2D eigenvalue weighted by molar-refractivity contribution is 1.28. The molecular formula is C14H13N3. The SMILES string of the molecule is Cc1cc(C)cc(Nc2ncccc2C#N)c1. The molecule has 0 aliphatic heterocycles. The van der Waals surface area contributed by atoms with Gasteiger partial charge in [-0.15, -0.1) is 0 Å². The number of anilines is 2. The molecule has 0 spiro atoms. The third kappa shape index (κ3) is 2.61. The largest absolute Gasteiger partial charge is 0.339 e. The Labute approximate surface area is 101 Å². The highest BCUT2D eigenvalue weighted by Crippen LogP contribution is 2.20. The lowest BCUT2D eigenvalue weighted by atomic mass is 10.1. The summed E-state index contributed by atoms with van der Waals surface area (Å²) in [7, 11) is 0. The Hall–Kier alpha value is -2.34. The predicted octanol–water partition coefficient (Wildman–Crippen LogP) is 3.31. The van der Waals surface area contributed by atoms with Gasteiger partial charge < -0.3 is 5.32 Å². The first-order valence-electron chi connectivity index (χ1n) is 5.39. The number of aryl methyl sites for hydroxylation is 2. The van der Waals surface area contributed by atoms with Crippen LogP contribution in [0.25, 0.3) is 0 Å². The quantitative estimate of drug-likeness (QED) is 0.849. The average molecular weight is 223 g/mol. The number of benzene rings is 1. The van der Waals surface area contributed by atoms with Gasteiger partial charge in [-0.2, -0.15) is 5.26 Å². The lowest BCUT2D eigenvalue weighted by Gasteiger charge is -2.08. The van der Waals surface area contributed by atoms with Gasteiger partial charge >= 0.3 is 0 Å². The molecule has 2 aromatic rings. The van der Waals surface area contributed by atoms with Crippen molar-refractivity contribution >= 4 is 11.5 Å². The molecule has 84 valence electrons. The normalized spacial score (nSPS) is 9.71. The fourth-order valence-corrected chi connectivity index (χ4v) is 1.78. The molecule has 0 unspecified atom stereocenters. The Balaban J connectivity index is 2.35. The summed E-state index contributed by atoms with van der Waals surface area (Å²) in [6, 6.07) is 11.8. The molecule has 0 aliphatic carbocycles. The number of aromatic nitrogens is 1. The summed E-state index contributed by atoms with van der Waals surface area (Å²) in [5, 5.41) is 12.1. The van der Waals surface area contributed by atoms with E-state index in [-0.39, 0.29) is 0 Å². The Morgan fingerprint density at radius 2 is 1.88 bits per heavy atom. The van der Waals surface area contributed by atoms with Crippen LogP contribution in [-0.2, 0) is 0 Å². The second kappa shape index (κ2) is 4.67. The van der Waals surface area contributed by atoms with Crippen LogP contribution in [0.1, 0.15) is 16.7 Å². The van der Waals surface area contributed by atoms with Gasteiger partial charge in [0.1, 0.15) is 11.9 Å². The molecule has 1 N–H and O–H groups in total. The van der Waals surface area contributed by atoms with Gasteiger partial charge in [0.2, 0.25) is 0 Å². The van der Waals surface area contributed by atoms with Crippen molar-refractivity contribution in [3.8, 4) is 6.07 Å². The highest BCUT2D eigenvalue weighted by atomic mass is 15.0. The topological polar surface area (TPSA) is 48.7 Å². The maximum Gasteiger partial charge on any atom is 0.148 e. The molecule has 3 nitrogen and oxygen atoms in total. The molecular weight excluding hydrogens is 210 g/mol. The van der Waals surface area contributed by atoms with Crippen molar-refractivity contribution in [2.75, 3.05) is 5.32 Å². The van der Waals surface area contributed by atoms with Crippen molar-refractivity contribution in [2.24, 2.45) is 0 Å². The first-order chi connectivity index (χ1) is 8.19. The predicted molar refractivity (Wildman–Crippen MR) is 68.2 cm³/mol. The molecule has 0 saturated carbocycles. The Morgan fingerprint density at radius 1 is 1.18 bits per heavy atom. The van der Waals surface area contributed by atoms with Gasteiger partial charge in [0.15, 0.2) is 0 Å². The molecule has 1 aromatic heterocycles. The van der Waals surface area contributed by atoms with Gasteiger partial charge in [0.05, 0.1) is 5.56 Å². The molecule has 3 heteroatoms. The summed E-state index contributed by atoms with van der Waals surface area (Å²) < 4.78 is 0. The fraction of sp³-hybridized carbons (Fsp3) is 0.143. The van der Waals surface area contributed by atoms with Crippen LogP contribution in [-0.4, -0.2) is 4.98 Å². The van der Waals surface area contributed by atoms with E-state index >= 15 is 0 Å². The van der Waals surface area contributed by atoms with Crippen LogP contribution in [0, 0.1) is 25.2 Å². The lowest BCUT2D eigenvalue weighted by Crippen LogP contribution is -1.97. The highest BCUT2D eigenvalue weighted by molar-refractivity contribution is 5.63. The number of hydrogen-bond acceptors (Lipinski definition) is 3. The zero-order valence-electron chi connectivity index (χ0n) is 9.86. The molecule has 0 atom stereocenters. The van der Waals surface area contributed by atoms with Crippen LogP contribution < -0.4 is 5.32 Å². The minimum atomic E-state index is 0.548. The molecule has 0 aliphatic rings. The monoisotopic (exact) mass is 223 g/mol. The van der Waals surface area contributed by atoms with E-state index in [0.717, 1.165) is 5.69 Å². The van der Waals surface area contributed by atoms with Gasteiger partial charge in [-0.1, -0.05) is 6.07 Å². The van der Waals surface area contributed by atoms with Crippen LogP contribution in [0.4, 0.5) is 11.5 Å². The second-order valence-electron chi connectivity index (χ2n) is 4.01. The maximum absolute atomic E-state index is 8.98. The van der Waals surface area contributed by atoms with Gasteiger partial charge in [0.25, 0.3) is 0 Å². The van der Waals surface area contributed by atoms with Crippen molar-refractivity contribution in [3.05, 3.63) is 53.2 Å². The number of nitrogens with one attached hydrogen (secondary N) is 1. The van der Waals surface area contributed by atoms with E-state index in [9.17, 15) is 0 Å². The van der Waals surface area contributed by atoms with Crippen molar-refractivity contribution < 1.29 is 0 Å². The van der Waals surface area contributed by atoms with E-state index in [1.165, 1.54) is 11.1 Å². The third-order valence-corrected chi connectivity index (χ3v) is 2.41. The van der Waals surface area contributed by atoms with Crippen molar-refractivity contribution in [1.82, 2.24) is 4.98 Å². The van der Waals surface area contributed by atoms with Gasteiger partial charge in [-0.25, -0.2) is 4.98 Å². The average Bonchev–Trinajstić information content (AvgIpc) is 2.28. The minimum Gasteiger partial charge on any atom is -0.339 e. The summed E-state index contributed by atoms with van der Waals surface area (Å²) in [5.41, 5.74) is 3.87. The zero-order valence-corrected chi connectivity index (χ0v) is 9.86. The van der Waals surface area contributed by atoms with Gasteiger partial charge in [0, 0.05) is 11.9 Å². The number of nitriles is 1. The summed E-state index contributed by atoms with van der Waals surface area (Å²) >= 11 is 0. The molecule has 0 saturated heterocycles. The first kappa shape index (κ1) is 11.2. The summed E-state index contributed by atoms with van der Waals surface area (Å²) in [6.07, 6.45) is 1.67. The van der Waals surface area contributed by atoms with E-state index in [1.807, 2.05) is 26.0 Å². The van der Waals surface area contributed by atoms with Crippen LogP contribution in [0.5, 0.6) is 0 Å². The molecule has 1 aromatic carbocycles. The molecule has 2 rings (SSSR count). The molecule has 0 bridgehead atoms. The van der Waals surface area contributed by atoms with E-state index in [1.54, 1.807) is 18.3 Å². The highest BCUT2D eigenvalue weighted by Gasteiger charge is 2.03. The molecule has 0 radical (unpaired) electrons. The number of hydrogen-bond donors (Lipinski definition) is 1. The summed E-state index contributed by atoms with van der Waals surface area (Å²) in [5.74, 6) is 0.597. The van der Waals surface area contributed by atoms with E-state index in [0.29, 0.717) is 11.4 Å². The summed E-state index contributed by atoms with van der Waals surface area (Å²) in [4.78, 5) is 4.17. The molecule has 17 heavy (non-hydrogen) atoms. The minimum absolute atomic E-state index is 0.548. The van der Waals surface area contributed by atoms with E-state index < -0.39 is 0 Å². The molecule has 1 heterocycles. The van der Waals surface area contributed by atoms with Crippen LogP contribution in [0.3, 0.4) is 0 Å². The van der Waals surface area contributed by atoms with Crippen LogP contribution >= 0.6 is 0 Å². The van der Waals surface area contributed by atoms with Gasteiger partial charge in [-0.05, 0) is 49.2 Å². The van der Waals surface area contributed by atoms with E-state index in [4.69, 9.17) is 5.26 Å². The van der Waals surface area contributed by atoms with Crippen LogP contribution in [0.15, 0.2) is 36.5 Å². The zero-order chi connectivity index (χ0) is 12.3. The fourth-order valence-electron chi connectivity index (χ4n) is 1.78. The van der Waals surface area contributed by atoms with Crippen LogP contribution in [0.2, 0.25) is 0 Å². The van der Waals surface area contributed by atoms with Crippen molar-refractivity contribution in [2.45, 2.75) is 13.8 Å². The Morgan fingerprint density at radius 3 is 2.53 bits per heavy atom. The van der Waals surface area contributed by atoms with Crippen molar-refractivity contribution in [3.63, 3.8) is 0 Å². The Kier molecular flexibility index (Phi) is 3.06. The molecule has 0 amide bonds. The standard InChI is InChI=1S/C14H13N3/c1-10-6-11(2)8-13(7-10)17-14-12(9-15)4-3-5-16-14/h3-8H,1-2H3,(H,16,17). The third-order valence-electron chi connectivity index (χ3n) is 2.41. The van der Waals surface area contributed by atoms with E-state index in [2.05, 4.69) is 22.4 Å². The van der Waals surface area contributed by atoms with Gasteiger partial charge in [-0.3, -0.25) is 0 Å². The molecule has 0 fully saturated rings. The number of nitrogens with zero attached hydrogens (tertiary/aromatic N) is 2. The number of pyridine rings is 1.